The standard InChI is InChI=1S/C13H13BrN4O2/c14-7-1-2-12(19)9(3-7)18-13(20)10-4-8-11(5-15-10)17-6-16-8/h1-3,6,10,15,19H,4-5H2,(H,16,17)(H,18,20). The number of aromatic nitrogens is 2. The number of hydrogen-bond acceptors (Lipinski definition) is 4. The van der Waals surface area contributed by atoms with Gasteiger partial charge in [-0.15, -0.1) is 0 Å². The minimum atomic E-state index is -0.357. The highest BCUT2D eigenvalue weighted by atomic mass is 79.9. The van der Waals surface area contributed by atoms with E-state index >= 15 is 0 Å². The number of carbonyl (C=O) groups is 1. The van der Waals surface area contributed by atoms with Crippen molar-refractivity contribution < 1.29 is 9.90 Å². The summed E-state index contributed by atoms with van der Waals surface area (Å²) in [6, 6.07) is 4.54. The number of benzene rings is 1. The van der Waals surface area contributed by atoms with Crippen molar-refractivity contribution in [2.24, 2.45) is 0 Å². The van der Waals surface area contributed by atoms with Gasteiger partial charge in [0.25, 0.3) is 0 Å². The lowest BCUT2D eigenvalue weighted by Crippen LogP contribution is -2.44. The maximum atomic E-state index is 12.2. The van der Waals surface area contributed by atoms with E-state index in [1.54, 1.807) is 18.5 Å². The third-order valence-electron chi connectivity index (χ3n) is 3.26. The fourth-order valence-electron chi connectivity index (χ4n) is 2.18. The Balaban J connectivity index is 1.73. The van der Waals surface area contributed by atoms with Crippen LogP contribution in [0, 0.1) is 0 Å². The van der Waals surface area contributed by atoms with Gasteiger partial charge in [0.2, 0.25) is 5.91 Å². The number of phenols is 1. The van der Waals surface area contributed by atoms with Crippen LogP contribution in [-0.2, 0) is 17.8 Å². The van der Waals surface area contributed by atoms with Gasteiger partial charge in [0.1, 0.15) is 5.75 Å². The summed E-state index contributed by atoms with van der Waals surface area (Å²) in [7, 11) is 0. The van der Waals surface area contributed by atoms with Gasteiger partial charge in [-0.3, -0.25) is 10.1 Å². The fraction of sp³-hybridized carbons (Fsp3) is 0.231. The fourth-order valence-corrected chi connectivity index (χ4v) is 2.54. The molecule has 1 amide bonds. The van der Waals surface area contributed by atoms with Gasteiger partial charge in [0.15, 0.2) is 0 Å². The normalized spacial score (nSPS) is 17.6. The predicted molar refractivity (Wildman–Crippen MR) is 77.4 cm³/mol. The molecule has 0 spiro atoms. The highest BCUT2D eigenvalue weighted by Gasteiger charge is 2.26. The number of nitrogens with one attached hydrogen (secondary N) is 3. The van der Waals surface area contributed by atoms with Crippen molar-refractivity contribution in [3.05, 3.63) is 40.4 Å². The Bertz CT molecular complexity index is 656. The molecule has 0 fully saturated rings. The molecule has 1 unspecified atom stereocenters. The number of carbonyl (C=O) groups excluding carboxylic acids is 1. The average molecular weight is 337 g/mol. The Morgan fingerprint density at radius 1 is 1.50 bits per heavy atom. The Morgan fingerprint density at radius 2 is 2.35 bits per heavy atom. The van der Waals surface area contributed by atoms with E-state index in [0.717, 1.165) is 15.9 Å². The lowest BCUT2D eigenvalue weighted by atomic mass is 10.0. The van der Waals surface area contributed by atoms with Crippen molar-refractivity contribution in [3.63, 3.8) is 0 Å². The maximum Gasteiger partial charge on any atom is 0.242 e. The summed E-state index contributed by atoms with van der Waals surface area (Å²) in [5.74, 6) is -0.148. The first-order valence-electron chi connectivity index (χ1n) is 6.17. The summed E-state index contributed by atoms with van der Waals surface area (Å²) in [6.45, 7) is 0.581. The van der Waals surface area contributed by atoms with Gasteiger partial charge < -0.3 is 15.4 Å². The van der Waals surface area contributed by atoms with Crippen molar-refractivity contribution in [1.82, 2.24) is 15.3 Å². The zero-order chi connectivity index (χ0) is 14.1. The summed E-state index contributed by atoms with van der Waals surface area (Å²) in [5.41, 5.74) is 2.31. The number of nitrogens with zero attached hydrogens (tertiary/aromatic N) is 1. The molecular weight excluding hydrogens is 324 g/mol. The molecule has 20 heavy (non-hydrogen) atoms. The number of fused-ring (bicyclic) bond motifs is 1. The summed E-state index contributed by atoms with van der Waals surface area (Å²) in [6.07, 6.45) is 2.16. The molecular formula is C13H13BrN4O2. The van der Waals surface area contributed by atoms with Crippen LogP contribution in [0.3, 0.4) is 0 Å². The van der Waals surface area contributed by atoms with Crippen LogP contribution in [0.25, 0.3) is 0 Å². The monoisotopic (exact) mass is 336 g/mol. The molecule has 1 aliphatic rings. The molecule has 0 radical (unpaired) electrons. The van der Waals surface area contributed by atoms with Crippen LogP contribution in [0.1, 0.15) is 11.4 Å². The third kappa shape index (κ3) is 2.54. The van der Waals surface area contributed by atoms with E-state index in [9.17, 15) is 9.90 Å². The zero-order valence-corrected chi connectivity index (χ0v) is 12.1. The molecule has 7 heteroatoms. The van der Waals surface area contributed by atoms with Crippen LogP contribution >= 0.6 is 15.9 Å². The first-order valence-corrected chi connectivity index (χ1v) is 6.96. The van der Waals surface area contributed by atoms with E-state index < -0.39 is 0 Å². The largest absolute Gasteiger partial charge is 0.506 e. The third-order valence-corrected chi connectivity index (χ3v) is 3.76. The molecule has 2 heterocycles. The number of halogens is 1. The van der Waals surface area contributed by atoms with E-state index in [-0.39, 0.29) is 17.7 Å². The van der Waals surface area contributed by atoms with Crippen molar-refractivity contribution in [1.29, 1.82) is 0 Å². The van der Waals surface area contributed by atoms with Crippen LogP contribution < -0.4 is 10.6 Å². The van der Waals surface area contributed by atoms with Gasteiger partial charge in [-0.25, -0.2) is 4.98 Å². The maximum absolute atomic E-state index is 12.2. The molecule has 0 bridgehead atoms. The van der Waals surface area contributed by atoms with Gasteiger partial charge in [-0.05, 0) is 18.2 Å². The molecule has 1 aliphatic heterocycles. The van der Waals surface area contributed by atoms with Gasteiger partial charge >= 0.3 is 0 Å². The lowest BCUT2D eigenvalue weighted by Gasteiger charge is -2.22. The van der Waals surface area contributed by atoms with Gasteiger partial charge in [0, 0.05) is 17.4 Å². The van der Waals surface area contributed by atoms with Crippen LogP contribution in [-0.4, -0.2) is 27.0 Å². The highest BCUT2D eigenvalue weighted by molar-refractivity contribution is 9.10. The van der Waals surface area contributed by atoms with E-state index in [2.05, 4.69) is 36.5 Å². The summed E-state index contributed by atoms with van der Waals surface area (Å²) >= 11 is 3.31. The van der Waals surface area contributed by atoms with E-state index in [0.29, 0.717) is 18.7 Å². The zero-order valence-electron chi connectivity index (χ0n) is 10.5. The Labute approximate surface area is 123 Å². The average Bonchev–Trinajstić information content (AvgIpc) is 2.90. The van der Waals surface area contributed by atoms with Crippen molar-refractivity contribution in [2.45, 2.75) is 19.0 Å². The van der Waals surface area contributed by atoms with Crippen molar-refractivity contribution in [3.8, 4) is 5.75 Å². The number of anilines is 1. The Morgan fingerprint density at radius 3 is 3.20 bits per heavy atom. The first-order chi connectivity index (χ1) is 9.63. The van der Waals surface area contributed by atoms with Crippen LogP contribution in [0.2, 0.25) is 0 Å². The molecule has 0 saturated heterocycles. The summed E-state index contributed by atoms with van der Waals surface area (Å²) < 4.78 is 0.789. The minimum absolute atomic E-state index is 0.0396. The molecule has 2 aromatic rings. The number of aromatic hydroxyl groups is 1. The second kappa shape index (κ2) is 5.26. The second-order valence-electron chi connectivity index (χ2n) is 4.62. The number of amides is 1. The number of aromatic amines is 1. The van der Waals surface area contributed by atoms with E-state index in [1.165, 1.54) is 6.07 Å². The van der Waals surface area contributed by atoms with E-state index in [1.807, 2.05) is 0 Å². The number of phenolic OH excluding ortho intramolecular Hbond substituents is 1. The van der Waals surface area contributed by atoms with E-state index in [4.69, 9.17) is 0 Å². The predicted octanol–water partition coefficient (Wildman–Crippen LogP) is 1.53. The molecule has 6 nitrogen and oxygen atoms in total. The number of H-pyrrole nitrogens is 1. The van der Waals surface area contributed by atoms with Crippen molar-refractivity contribution >= 4 is 27.5 Å². The number of imidazole rings is 1. The molecule has 104 valence electrons. The van der Waals surface area contributed by atoms with Crippen molar-refractivity contribution in [2.75, 3.05) is 5.32 Å². The molecule has 1 aromatic carbocycles. The number of hydrogen-bond donors (Lipinski definition) is 4. The second-order valence-corrected chi connectivity index (χ2v) is 5.53. The van der Waals surface area contributed by atoms with Crippen LogP contribution in [0.4, 0.5) is 5.69 Å². The lowest BCUT2D eigenvalue weighted by molar-refractivity contribution is -0.118. The molecule has 0 aliphatic carbocycles. The molecule has 3 rings (SSSR count). The van der Waals surface area contributed by atoms with Gasteiger partial charge in [-0.1, -0.05) is 15.9 Å². The molecule has 1 atom stereocenters. The summed E-state index contributed by atoms with van der Waals surface area (Å²) in [4.78, 5) is 19.5. The highest BCUT2D eigenvalue weighted by Crippen LogP contribution is 2.27. The topological polar surface area (TPSA) is 90.0 Å². The van der Waals surface area contributed by atoms with Gasteiger partial charge in [0.05, 0.1) is 29.4 Å². The molecule has 0 saturated carbocycles. The van der Waals surface area contributed by atoms with Crippen LogP contribution in [0.5, 0.6) is 5.75 Å². The van der Waals surface area contributed by atoms with Crippen LogP contribution in [0.15, 0.2) is 29.0 Å². The van der Waals surface area contributed by atoms with Gasteiger partial charge in [-0.2, -0.15) is 0 Å². The number of rotatable bonds is 2. The summed E-state index contributed by atoms with van der Waals surface area (Å²) in [5, 5.41) is 15.6. The Hall–Kier alpha value is -1.86. The minimum Gasteiger partial charge on any atom is -0.506 e. The first kappa shape index (κ1) is 13.1. The Kier molecular flexibility index (Phi) is 3.45. The quantitative estimate of drug-likeness (QED) is 0.626. The SMILES string of the molecule is O=C(Nc1cc(Br)ccc1O)C1Cc2nc[nH]c2CN1. The molecule has 4 N–H and O–H groups in total. The molecule has 1 aromatic heterocycles. The smallest absolute Gasteiger partial charge is 0.242 e.